The summed E-state index contributed by atoms with van der Waals surface area (Å²) in [6.45, 7) is 5.22. The number of aromatic nitrogens is 2. The minimum atomic E-state index is 0.0809. The predicted molar refractivity (Wildman–Crippen MR) is 82.8 cm³/mol. The molecule has 0 amide bonds. The summed E-state index contributed by atoms with van der Waals surface area (Å²) in [5.74, 6) is 1.09. The molecule has 110 valence electrons. The second kappa shape index (κ2) is 6.86. The SMILES string of the molecule is CCCn1c(CC(N)CC(C)OC)nc2ccccc21. The fourth-order valence-electron chi connectivity index (χ4n) is 2.59. The number of fused-ring (bicyclic) bond motifs is 1. The first-order valence-electron chi connectivity index (χ1n) is 7.38. The van der Waals surface area contributed by atoms with E-state index in [9.17, 15) is 0 Å². The molecule has 0 saturated heterocycles. The maximum atomic E-state index is 6.24. The summed E-state index contributed by atoms with van der Waals surface area (Å²) >= 11 is 0. The van der Waals surface area contributed by atoms with Crippen LogP contribution in [0.3, 0.4) is 0 Å². The Labute approximate surface area is 120 Å². The van der Waals surface area contributed by atoms with E-state index in [-0.39, 0.29) is 12.1 Å². The zero-order valence-electron chi connectivity index (χ0n) is 12.7. The van der Waals surface area contributed by atoms with Gasteiger partial charge in [-0.1, -0.05) is 19.1 Å². The number of imidazole rings is 1. The third-order valence-corrected chi connectivity index (χ3v) is 3.66. The largest absolute Gasteiger partial charge is 0.382 e. The molecule has 1 aromatic carbocycles. The molecule has 2 unspecified atom stereocenters. The van der Waals surface area contributed by atoms with Crippen LogP contribution >= 0.6 is 0 Å². The van der Waals surface area contributed by atoms with Crippen molar-refractivity contribution in [1.82, 2.24) is 9.55 Å². The van der Waals surface area contributed by atoms with E-state index in [0.717, 1.165) is 37.1 Å². The molecule has 2 aromatic rings. The Morgan fingerprint density at radius 1 is 1.35 bits per heavy atom. The number of ether oxygens (including phenoxy) is 1. The first-order valence-corrected chi connectivity index (χ1v) is 7.38. The summed E-state index contributed by atoms with van der Waals surface area (Å²) in [5.41, 5.74) is 8.50. The molecule has 2 atom stereocenters. The van der Waals surface area contributed by atoms with Crippen LogP contribution in [-0.4, -0.2) is 28.8 Å². The molecule has 1 heterocycles. The number of aryl methyl sites for hydroxylation is 1. The van der Waals surface area contributed by atoms with Crippen LogP contribution in [0.1, 0.15) is 32.5 Å². The summed E-state index contributed by atoms with van der Waals surface area (Å²) in [4.78, 5) is 4.75. The minimum absolute atomic E-state index is 0.0809. The Kier molecular flexibility index (Phi) is 5.15. The third-order valence-electron chi connectivity index (χ3n) is 3.66. The van der Waals surface area contributed by atoms with Crippen LogP contribution in [0.25, 0.3) is 11.0 Å². The lowest BCUT2D eigenvalue weighted by Crippen LogP contribution is -2.29. The predicted octanol–water partition coefficient (Wildman–Crippen LogP) is 2.74. The number of rotatable bonds is 7. The summed E-state index contributed by atoms with van der Waals surface area (Å²) < 4.78 is 7.59. The van der Waals surface area contributed by atoms with Crippen LogP contribution in [0.2, 0.25) is 0 Å². The van der Waals surface area contributed by atoms with Crippen molar-refractivity contribution in [1.29, 1.82) is 0 Å². The van der Waals surface area contributed by atoms with E-state index in [1.54, 1.807) is 7.11 Å². The van der Waals surface area contributed by atoms with Gasteiger partial charge in [-0.3, -0.25) is 0 Å². The fraction of sp³-hybridized carbons (Fsp3) is 0.562. The van der Waals surface area contributed by atoms with E-state index in [1.807, 2.05) is 6.07 Å². The van der Waals surface area contributed by atoms with E-state index >= 15 is 0 Å². The highest BCUT2D eigenvalue weighted by atomic mass is 16.5. The molecule has 0 aliphatic heterocycles. The highest BCUT2D eigenvalue weighted by molar-refractivity contribution is 5.75. The molecule has 4 heteroatoms. The maximum Gasteiger partial charge on any atom is 0.111 e. The summed E-state index contributed by atoms with van der Waals surface area (Å²) in [7, 11) is 1.73. The van der Waals surface area contributed by atoms with Gasteiger partial charge in [0.05, 0.1) is 17.1 Å². The number of nitrogens with two attached hydrogens (primary N) is 1. The van der Waals surface area contributed by atoms with Gasteiger partial charge in [0.2, 0.25) is 0 Å². The highest BCUT2D eigenvalue weighted by Crippen LogP contribution is 2.18. The standard InChI is InChI=1S/C16H25N3O/c1-4-9-19-15-8-6-5-7-14(15)18-16(19)11-13(17)10-12(2)20-3/h5-8,12-13H,4,9-11,17H2,1-3H3. The van der Waals surface area contributed by atoms with Gasteiger partial charge >= 0.3 is 0 Å². The zero-order valence-corrected chi connectivity index (χ0v) is 12.7. The summed E-state index contributed by atoms with van der Waals surface area (Å²) in [6, 6.07) is 8.37. The van der Waals surface area contributed by atoms with Crippen molar-refractivity contribution < 1.29 is 4.74 Å². The Bertz CT molecular complexity index is 550. The number of nitrogens with zero attached hydrogens (tertiary/aromatic N) is 2. The molecule has 0 radical (unpaired) electrons. The lowest BCUT2D eigenvalue weighted by Gasteiger charge is -2.16. The van der Waals surface area contributed by atoms with Gasteiger partial charge in [0.1, 0.15) is 5.82 Å². The van der Waals surface area contributed by atoms with Gasteiger partial charge < -0.3 is 15.0 Å². The molecule has 0 spiro atoms. The van der Waals surface area contributed by atoms with Crippen LogP contribution in [0.4, 0.5) is 0 Å². The van der Waals surface area contributed by atoms with Crippen molar-refractivity contribution in [3.63, 3.8) is 0 Å². The van der Waals surface area contributed by atoms with Crippen LogP contribution in [0, 0.1) is 0 Å². The van der Waals surface area contributed by atoms with Crippen molar-refractivity contribution in [3.8, 4) is 0 Å². The second-order valence-corrected chi connectivity index (χ2v) is 5.41. The Morgan fingerprint density at radius 2 is 2.10 bits per heavy atom. The minimum Gasteiger partial charge on any atom is -0.382 e. The smallest absolute Gasteiger partial charge is 0.111 e. The molecule has 4 nitrogen and oxygen atoms in total. The molecule has 0 aliphatic rings. The maximum absolute atomic E-state index is 6.24. The van der Waals surface area contributed by atoms with Gasteiger partial charge in [0.25, 0.3) is 0 Å². The molecule has 20 heavy (non-hydrogen) atoms. The lowest BCUT2D eigenvalue weighted by molar-refractivity contribution is 0.104. The molecular weight excluding hydrogens is 250 g/mol. The van der Waals surface area contributed by atoms with Gasteiger partial charge in [-0.25, -0.2) is 4.98 Å². The Balaban J connectivity index is 2.22. The molecule has 2 rings (SSSR count). The van der Waals surface area contributed by atoms with Crippen molar-refractivity contribution >= 4 is 11.0 Å². The first-order chi connectivity index (χ1) is 9.65. The van der Waals surface area contributed by atoms with Crippen molar-refractivity contribution in [2.45, 2.75) is 51.8 Å². The van der Waals surface area contributed by atoms with Crippen LogP contribution in [0.5, 0.6) is 0 Å². The van der Waals surface area contributed by atoms with Crippen molar-refractivity contribution in [2.75, 3.05) is 7.11 Å². The molecular formula is C16H25N3O. The van der Waals surface area contributed by atoms with Crippen LogP contribution in [0.15, 0.2) is 24.3 Å². The van der Waals surface area contributed by atoms with Gasteiger partial charge in [-0.05, 0) is 31.9 Å². The number of methoxy groups -OCH3 is 1. The van der Waals surface area contributed by atoms with Gasteiger partial charge in [0, 0.05) is 26.1 Å². The first kappa shape index (κ1) is 15.0. The van der Waals surface area contributed by atoms with Gasteiger partial charge in [0.15, 0.2) is 0 Å². The average Bonchev–Trinajstić information content (AvgIpc) is 2.77. The molecule has 1 aromatic heterocycles. The topological polar surface area (TPSA) is 53.1 Å². The Hall–Kier alpha value is -1.39. The Morgan fingerprint density at radius 3 is 2.80 bits per heavy atom. The van der Waals surface area contributed by atoms with Crippen molar-refractivity contribution in [3.05, 3.63) is 30.1 Å². The molecule has 2 N–H and O–H groups in total. The van der Waals surface area contributed by atoms with Gasteiger partial charge in [-0.2, -0.15) is 0 Å². The van der Waals surface area contributed by atoms with Crippen molar-refractivity contribution in [2.24, 2.45) is 5.73 Å². The number of benzene rings is 1. The van der Waals surface area contributed by atoms with E-state index in [1.165, 1.54) is 5.52 Å². The quantitative estimate of drug-likeness (QED) is 0.845. The number of hydrogen-bond donors (Lipinski definition) is 1. The average molecular weight is 275 g/mol. The third kappa shape index (κ3) is 3.38. The van der Waals surface area contributed by atoms with Gasteiger partial charge in [-0.15, -0.1) is 0 Å². The van der Waals surface area contributed by atoms with E-state index < -0.39 is 0 Å². The second-order valence-electron chi connectivity index (χ2n) is 5.41. The summed E-state index contributed by atoms with van der Waals surface area (Å²) in [5, 5.41) is 0. The molecule has 0 bridgehead atoms. The highest BCUT2D eigenvalue weighted by Gasteiger charge is 2.15. The normalized spacial score (nSPS) is 14.6. The van der Waals surface area contributed by atoms with E-state index in [4.69, 9.17) is 15.5 Å². The lowest BCUT2D eigenvalue weighted by atomic mass is 10.1. The molecule has 0 fully saturated rings. The monoisotopic (exact) mass is 275 g/mol. The van der Waals surface area contributed by atoms with Crippen LogP contribution < -0.4 is 5.73 Å². The fourth-order valence-corrected chi connectivity index (χ4v) is 2.59. The zero-order chi connectivity index (χ0) is 14.5. The number of hydrogen-bond acceptors (Lipinski definition) is 3. The van der Waals surface area contributed by atoms with Crippen LogP contribution in [-0.2, 0) is 17.7 Å². The number of para-hydroxylation sites is 2. The van der Waals surface area contributed by atoms with E-state index in [0.29, 0.717) is 0 Å². The molecule has 0 saturated carbocycles. The van der Waals surface area contributed by atoms with E-state index in [2.05, 4.69) is 36.6 Å². The molecule has 0 aliphatic carbocycles. The summed E-state index contributed by atoms with van der Waals surface area (Å²) in [6.07, 6.45) is 2.93.